The van der Waals surface area contributed by atoms with Crippen LogP contribution in [-0.2, 0) is 0 Å². The SMILES string of the molecule is CCCOc1cccc(C(=O)NC(=S)Nc2ccc(O)c(-c3nc4cc(C)cc(C)c4o3)c2)c1. The number of rotatable bonds is 6. The number of ether oxygens (including phenoxy) is 1. The maximum absolute atomic E-state index is 12.6. The number of thiocarbonyl (C=S) groups is 1. The molecule has 0 fully saturated rings. The lowest BCUT2D eigenvalue weighted by atomic mass is 10.1. The number of phenols is 1. The highest BCUT2D eigenvalue weighted by Gasteiger charge is 2.16. The third-order valence-electron chi connectivity index (χ3n) is 5.10. The van der Waals surface area contributed by atoms with Crippen LogP contribution >= 0.6 is 12.2 Å². The molecule has 0 aliphatic heterocycles. The molecule has 0 atom stereocenters. The van der Waals surface area contributed by atoms with Crippen molar-refractivity contribution in [2.75, 3.05) is 11.9 Å². The number of fused-ring (bicyclic) bond motifs is 1. The largest absolute Gasteiger partial charge is 0.507 e. The van der Waals surface area contributed by atoms with Gasteiger partial charge < -0.3 is 19.6 Å². The molecule has 0 spiro atoms. The first-order chi connectivity index (χ1) is 16.3. The van der Waals surface area contributed by atoms with Crippen molar-refractivity contribution in [3.63, 3.8) is 0 Å². The first-order valence-corrected chi connectivity index (χ1v) is 11.3. The zero-order valence-corrected chi connectivity index (χ0v) is 20.0. The van der Waals surface area contributed by atoms with Gasteiger partial charge in [-0.2, -0.15) is 0 Å². The van der Waals surface area contributed by atoms with Gasteiger partial charge in [-0.25, -0.2) is 4.98 Å². The number of aromatic nitrogens is 1. The number of oxazole rings is 1. The van der Waals surface area contributed by atoms with Gasteiger partial charge in [0.2, 0.25) is 5.89 Å². The summed E-state index contributed by atoms with van der Waals surface area (Å²) in [5.41, 5.74) is 4.84. The number of amides is 1. The normalized spacial score (nSPS) is 10.8. The Bertz CT molecular complexity index is 1380. The van der Waals surface area contributed by atoms with Crippen molar-refractivity contribution in [2.45, 2.75) is 27.2 Å². The molecule has 1 heterocycles. The molecule has 8 heteroatoms. The van der Waals surface area contributed by atoms with E-state index in [2.05, 4.69) is 15.6 Å². The van der Waals surface area contributed by atoms with Crippen molar-refractivity contribution in [3.8, 4) is 23.0 Å². The Hall–Kier alpha value is -3.91. The zero-order chi connectivity index (χ0) is 24.2. The lowest BCUT2D eigenvalue weighted by molar-refractivity contribution is 0.0977. The minimum Gasteiger partial charge on any atom is -0.507 e. The Balaban J connectivity index is 1.50. The summed E-state index contributed by atoms with van der Waals surface area (Å²) < 4.78 is 11.5. The van der Waals surface area contributed by atoms with Gasteiger partial charge >= 0.3 is 0 Å². The highest BCUT2D eigenvalue weighted by Crippen LogP contribution is 2.34. The molecule has 174 valence electrons. The van der Waals surface area contributed by atoms with Crippen molar-refractivity contribution in [2.24, 2.45) is 0 Å². The summed E-state index contributed by atoms with van der Waals surface area (Å²) in [4.78, 5) is 17.1. The highest BCUT2D eigenvalue weighted by atomic mass is 32.1. The number of anilines is 1. The van der Waals surface area contributed by atoms with E-state index in [9.17, 15) is 9.90 Å². The molecular weight excluding hydrogens is 450 g/mol. The number of carbonyl (C=O) groups is 1. The predicted molar refractivity (Wildman–Crippen MR) is 136 cm³/mol. The first kappa shape index (κ1) is 23.3. The summed E-state index contributed by atoms with van der Waals surface area (Å²) in [7, 11) is 0. The third-order valence-corrected chi connectivity index (χ3v) is 5.31. The van der Waals surface area contributed by atoms with E-state index in [1.54, 1.807) is 36.4 Å². The molecule has 1 aromatic heterocycles. The molecule has 3 N–H and O–H groups in total. The van der Waals surface area contributed by atoms with Crippen molar-refractivity contribution in [3.05, 3.63) is 71.3 Å². The average molecular weight is 476 g/mol. The van der Waals surface area contributed by atoms with E-state index in [1.165, 1.54) is 6.07 Å². The van der Waals surface area contributed by atoms with E-state index >= 15 is 0 Å². The van der Waals surface area contributed by atoms with Crippen molar-refractivity contribution < 1.29 is 19.1 Å². The zero-order valence-electron chi connectivity index (χ0n) is 19.1. The van der Waals surface area contributed by atoms with Crippen LogP contribution < -0.4 is 15.4 Å². The Morgan fingerprint density at radius 2 is 1.97 bits per heavy atom. The van der Waals surface area contributed by atoms with Crippen LogP contribution in [0.25, 0.3) is 22.6 Å². The van der Waals surface area contributed by atoms with Crippen LogP contribution in [0, 0.1) is 13.8 Å². The van der Waals surface area contributed by atoms with Crippen LogP contribution in [0.5, 0.6) is 11.5 Å². The van der Waals surface area contributed by atoms with E-state index in [-0.39, 0.29) is 16.8 Å². The Labute approximate surface area is 202 Å². The van der Waals surface area contributed by atoms with Gasteiger partial charge in [0.25, 0.3) is 5.91 Å². The fraction of sp³-hybridized carbons (Fsp3) is 0.192. The third kappa shape index (κ3) is 5.18. The summed E-state index contributed by atoms with van der Waals surface area (Å²) in [5, 5.41) is 16.2. The molecular formula is C26H25N3O4S. The van der Waals surface area contributed by atoms with Gasteiger partial charge in [-0.1, -0.05) is 19.1 Å². The van der Waals surface area contributed by atoms with Gasteiger partial charge in [0.05, 0.1) is 12.2 Å². The van der Waals surface area contributed by atoms with Gasteiger partial charge in [0.15, 0.2) is 10.7 Å². The minimum absolute atomic E-state index is 0.0188. The first-order valence-electron chi connectivity index (χ1n) is 10.9. The minimum atomic E-state index is -0.358. The number of aryl methyl sites for hydroxylation is 2. The second-order valence-corrected chi connectivity index (χ2v) is 8.37. The van der Waals surface area contributed by atoms with Gasteiger partial charge in [0, 0.05) is 11.3 Å². The number of nitrogens with one attached hydrogen (secondary N) is 2. The van der Waals surface area contributed by atoms with Crippen LogP contribution in [0.15, 0.2) is 59.0 Å². The molecule has 4 rings (SSSR count). The van der Waals surface area contributed by atoms with Crippen LogP contribution in [0.3, 0.4) is 0 Å². The number of phenolic OH excluding ortho intramolecular Hbond substituents is 1. The van der Waals surface area contributed by atoms with E-state index in [1.807, 2.05) is 32.9 Å². The van der Waals surface area contributed by atoms with Gasteiger partial charge in [-0.15, -0.1) is 0 Å². The Morgan fingerprint density at radius 3 is 2.76 bits per heavy atom. The van der Waals surface area contributed by atoms with E-state index in [0.717, 1.165) is 23.1 Å². The number of hydrogen-bond acceptors (Lipinski definition) is 6. The maximum Gasteiger partial charge on any atom is 0.257 e. The number of nitrogens with zero attached hydrogens (tertiary/aromatic N) is 1. The molecule has 0 saturated carbocycles. The number of aromatic hydroxyl groups is 1. The Morgan fingerprint density at radius 1 is 1.15 bits per heavy atom. The molecule has 3 aromatic carbocycles. The van der Waals surface area contributed by atoms with Gasteiger partial charge in [-0.05, 0) is 86.1 Å². The van der Waals surface area contributed by atoms with Crippen molar-refractivity contribution >= 4 is 40.0 Å². The average Bonchev–Trinajstić information content (AvgIpc) is 3.23. The summed E-state index contributed by atoms with van der Waals surface area (Å²) in [6, 6.07) is 15.7. The molecule has 0 bridgehead atoms. The molecule has 0 aliphatic carbocycles. The second kappa shape index (κ2) is 9.93. The van der Waals surface area contributed by atoms with Gasteiger partial charge in [0.1, 0.15) is 17.0 Å². The summed E-state index contributed by atoms with van der Waals surface area (Å²) in [6.45, 7) is 6.54. The smallest absolute Gasteiger partial charge is 0.257 e. The van der Waals surface area contributed by atoms with Crippen molar-refractivity contribution in [1.29, 1.82) is 0 Å². The summed E-state index contributed by atoms with van der Waals surface area (Å²) in [5.74, 6) is 0.581. The summed E-state index contributed by atoms with van der Waals surface area (Å²) >= 11 is 5.32. The predicted octanol–water partition coefficient (Wildman–Crippen LogP) is 5.73. The molecule has 7 nitrogen and oxygen atoms in total. The van der Waals surface area contributed by atoms with Crippen molar-refractivity contribution in [1.82, 2.24) is 10.3 Å². The monoisotopic (exact) mass is 475 g/mol. The lowest BCUT2D eigenvalue weighted by Gasteiger charge is -2.11. The van der Waals surface area contributed by atoms with Crippen LogP contribution in [-0.4, -0.2) is 27.7 Å². The second-order valence-electron chi connectivity index (χ2n) is 7.97. The molecule has 34 heavy (non-hydrogen) atoms. The molecule has 4 aromatic rings. The topological polar surface area (TPSA) is 96.6 Å². The molecule has 1 amide bonds. The number of hydrogen-bond donors (Lipinski definition) is 3. The highest BCUT2D eigenvalue weighted by molar-refractivity contribution is 7.80. The van der Waals surface area contributed by atoms with E-state index < -0.39 is 0 Å². The quantitative estimate of drug-likeness (QED) is 0.242. The maximum atomic E-state index is 12.6. The number of benzene rings is 3. The summed E-state index contributed by atoms with van der Waals surface area (Å²) in [6.07, 6.45) is 0.877. The van der Waals surface area contributed by atoms with Gasteiger partial charge in [-0.3, -0.25) is 10.1 Å². The van der Waals surface area contributed by atoms with Crippen LogP contribution in [0.2, 0.25) is 0 Å². The van der Waals surface area contributed by atoms with E-state index in [0.29, 0.717) is 40.6 Å². The standard InChI is InChI=1S/C26H25N3O4S/c1-4-10-32-19-7-5-6-17(13-19)24(31)29-26(34)27-18-8-9-22(30)20(14-18)25-28-21-12-15(2)11-16(3)23(21)33-25/h5-9,11-14,30H,4,10H2,1-3H3,(H2,27,29,31,34). The molecule has 0 saturated heterocycles. The van der Waals surface area contributed by atoms with Crippen LogP contribution in [0.4, 0.5) is 5.69 Å². The lowest BCUT2D eigenvalue weighted by Crippen LogP contribution is -2.34. The Kier molecular flexibility index (Phi) is 6.79. The molecule has 0 unspecified atom stereocenters. The van der Waals surface area contributed by atoms with E-state index in [4.69, 9.17) is 21.4 Å². The molecule has 0 aliphatic rings. The number of carbonyl (C=O) groups excluding carboxylic acids is 1. The van der Waals surface area contributed by atoms with Crippen LogP contribution in [0.1, 0.15) is 34.8 Å². The fourth-order valence-corrected chi connectivity index (χ4v) is 3.77. The fourth-order valence-electron chi connectivity index (χ4n) is 3.56. The molecule has 0 radical (unpaired) electrons.